The maximum absolute atomic E-state index is 9.36. The smallest absolute Gasteiger partial charge is 0.187 e. The van der Waals surface area contributed by atoms with Gasteiger partial charge in [-0.15, -0.1) is 0 Å². The van der Waals surface area contributed by atoms with Crippen LogP contribution in [0.5, 0.6) is 11.5 Å². The lowest BCUT2D eigenvalue weighted by Crippen LogP contribution is -2.42. The van der Waals surface area contributed by atoms with Crippen molar-refractivity contribution in [2.75, 3.05) is 39.4 Å². The van der Waals surface area contributed by atoms with E-state index in [0.29, 0.717) is 10.7 Å². The Morgan fingerprint density at radius 1 is 1.32 bits per heavy atom. The molecule has 0 unspecified atom stereocenters. The quantitative estimate of drug-likeness (QED) is 0.267. The number of phenols is 2. The Bertz CT molecular complexity index is 533. The van der Waals surface area contributed by atoms with Crippen LogP contribution >= 0.6 is 12.2 Å². The van der Waals surface area contributed by atoms with Gasteiger partial charge in [0, 0.05) is 26.2 Å². The number of nitrogens with zero attached hydrogens (tertiary/aromatic N) is 2. The third kappa shape index (κ3) is 5.47. The highest BCUT2D eigenvalue weighted by Crippen LogP contribution is 2.23. The lowest BCUT2D eigenvalue weighted by atomic mass is 10.2. The molecule has 1 aromatic carbocycles. The maximum Gasteiger partial charge on any atom is 0.187 e. The topological polar surface area (TPSA) is 89.4 Å². The Morgan fingerprint density at radius 3 is 2.82 bits per heavy atom. The van der Waals surface area contributed by atoms with Gasteiger partial charge >= 0.3 is 0 Å². The molecule has 0 amide bonds. The molecule has 0 atom stereocenters. The Morgan fingerprint density at radius 2 is 2.09 bits per heavy atom. The van der Waals surface area contributed by atoms with Crippen molar-refractivity contribution in [3.05, 3.63) is 23.8 Å². The van der Waals surface area contributed by atoms with E-state index in [4.69, 9.17) is 17.0 Å². The molecule has 22 heavy (non-hydrogen) atoms. The van der Waals surface area contributed by atoms with Gasteiger partial charge in [0.2, 0.25) is 0 Å². The normalized spacial score (nSPS) is 15.8. The fourth-order valence-corrected chi connectivity index (χ4v) is 2.13. The van der Waals surface area contributed by atoms with Crippen molar-refractivity contribution < 1.29 is 14.9 Å². The molecule has 1 saturated heterocycles. The standard InChI is InChI=1S/C14H20N4O3S/c19-12-2-1-11(9-13(12)20)10-16-17-14(22)15-3-4-18-5-7-21-8-6-18/h1-2,9-10,19-20H,3-8H2,(H2,15,17,22). The summed E-state index contributed by atoms with van der Waals surface area (Å²) in [4.78, 5) is 2.31. The molecule has 0 aliphatic carbocycles. The van der Waals surface area contributed by atoms with Crippen LogP contribution in [-0.4, -0.2) is 65.8 Å². The Hall–Kier alpha value is -1.90. The van der Waals surface area contributed by atoms with Crippen molar-refractivity contribution in [3.63, 3.8) is 0 Å². The summed E-state index contributed by atoms with van der Waals surface area (Å²) in [6.07, 6.45) is 1.51. The average molecular weight is 324 g/mol. The minimum absolute atomic E-state index is 0.162. The Kier molecular flexibility index (Phi) is 6.38. The molecule has 8 heteroatoms. The molecule has 1 heterocycles. The zero-order valence-corrected chi connectivity index (χ0v) is 13.0. The number of morpholine rings is 1. The molecule has 2 rings (SSSR count). The Labute approximate surface area is 134 Å². The summed E-state index contributed by atoms with van der Waals surface area (Å²) in [6.45, 7) is 5.11. The zero-order chi connectivity index (χ0) is 15.8. The minimum atomic E-state index is -0.185. The average Bonchev–Trinajstić information content (AvgIpc) is 2.52. The van der Waals surface area contributed by atoms with Crippen LogP contribution in [0.4, 0.5) is 0 Å². The summed E-state index contributed by atoms with van der Waals surface area (Å²) in [5, 5.41) is 26.1. The molecule has 1 fully saturated rings. The molecule has 1 aliphatic rings. The van der Waals surface area contributed by atoms with E-state index in [1.165, 1.54) is 18.3 Å². The van der Waals surface area contributed by atoms with Gasteiger partial charge in [0.1, 0.15) is 0 Å². The highest BCUT2D eigenvalue weighted by molar-refractivity contribution is 7.80. The van der Waals surface area contributed by atoms with E-state index in [1.54, 1.807) is 6.07 Å². The first kappa shape index (κ1) is 16.5. The van der Waals surface area contributed by atoms with Crippen molar-refractivity contribution in [2.24, 2.45) is 5.10 Å². The second-order valence-corrected chi connectivity index (χ2v) is 5.24. The van der Waals surface area contributed by atoms with Crippen molar-refractivity contribution in [1.82, 2.24) is 15.6 Å². The predicted octanol–water partition coefficient (Wildman–Crippen LogP) is 0.228. The number of nitrogens with one attached hydrogen (secondary N) is 2. The van der Waals surface area contributed by atoms with E-state index >= 15 is 0 Å². The van der Waals surface area contributed by atoms with Crippen LogP contribution in [0, 0.1) is 0 Å². The van der Waals surface area contributed by atoms with Crippen molar-refractivity contribution in [3.8, 4) is 11.5 Å². The van der Waals surface area contributed by atoms with E-state index in [2.05, 4.69) is 20.7 Å². The molecule has 1 aliphatic heterocycles. The Balaban J connectivity index is 1.66. The van der Waals surface area contributed by atoms with Gasteiger partial charge < -0.3 is 20.3 Å². The lowest BCUT2D eigenvalue weighted by molar-refractivity contribution is 0.0389. The summed E-state index contributed by atoms with van der Waals surface area (Å²) in [5.41, 5.74) is 3.36. The summed E-state index contributed by atoms with van der Waals surface area (Å²) < 4.78 is 5.29. The molecule has 0 bridgehead atoms. The van der Waals surface area contributed by atoms with Gasteiger partial charge in [0.15, 0.2) is 16.6 Å². The molecule has 0 radical (unpaired) electrons. The van der Waals surface area contributed by atoms with Crippen LogP contribution in [0.15, 0.2) is 23.3 Å². The van der Waals surface area contributed by atoms with Gasteiger partial charge in [-0.05, 0) is 36.0 Å². The van der Waals surface area contributed by atoms with Gasteiger partial charge in [-0.2, -0.15) is 5.10 Å². The highest BCUT2D eigenvalue weighted by atomic mass is 32.1. The molecule has 120 valence electrons. The van der Waals surface area contributed by atoms with E-state index in [1.807, 2.05) is 0 Å². The number of aromatic hydroxyl groups is 2. The van der Waals surface area contributed by atoms with Crippen molar-refractivity contribution in [2.45, 2.75) is 0 Å². The van der Waals surface area contributed by atoms with Crippen LogP contribution in [0.2, 0.25) is 0 Å². The van der Waals surface area contributed by atoms with Gasteiger partial charge in [-0.1, -0.05) is 0 Å². The van der Waals surface area contributed by atoms with Gasteiger partial charge in [-0.25, -0.2) is 0 Å². The van der Waals surface area contributed by atoms with Gasteiger partial charge in [0.05, 0.1) is 19.4 Å². The first-order chi connectivity index (χ1) is 10.6. The summed E-state index contributed by atoms with van der Waals surface area (Å²) in [7, 11) is 0. The van der Waals surface area contributed by atoms with Crippen LogP contribution in [0.1, 0.15) is 5.56 Å². The molecule has 0 spiro atoms. The fraction of sp³-hybridized carbons (Fsp3) is 0.429. The molecule has 0 saturated carbocycles. The molecule has 4 N–H and O–H groups in total. The summed E-state index contributed by atoms with van der Waals surface area (Å²) in [6, 6.07) is 4.44. The second-order valence-electron chi connectivity index (χ2n) is 4.83. The highest BCUT2D eigenvalue weighted by Gasteiger charge is 2.09. The SMILES string of the molecule is Oc1ccc(C=NNC(=S)NCCN2CCOCC2)cc1O. The van der Waals surface area contributed by atoms with Crippen LogP contribution in [0.25, 0.3) is 0 Å². The summed E-state index contributed by atoms with van der Waals surface area (Å²) in [5.74, 6) is -0.347. The number of thiocarbonyl (C=S) groups is 1. The molecule has 1 aromatic rings. The maximum atomic E-state index is 9.36. The number of hydrazone groups is 1. The van der Waals surface area contributed by atoms with E-state index in [-0.39, 0.29) is 11.5 Å². The molecular weight excluding hydrogens is 304 g/mol. The number of benzene rings is 1. The number of hydrogen-bond acceptors (Lipinski definition) is 6. The number of phenolic OH excluding ortho intramolecular Hbond substituents is 2. The lowest BCUT2D eigenvalue weighted by Gasteiger charge is -2.26. The predicted molar refractivity (Wildman–Crippen MR) is 88.4 cm³/mol. The number of rotatable bonds is 5. The molecule has 7 nitrogen and oxygen atoms in total. The molecule has 0 aromatic heterocycles. The second kappa shape index (κ2) is 8.52. The summed E-state index contributed by atoms with van der Waals surface area (Å²) >= 11 is 5.11. The monoisotopic (exact) mass is 324 g/mol. The fourth-order valence-electron chi connectivity index (χ4n) is 1.98. The minimum Gasteiger partial charge on any atom is -0.504 e. The van der Waals surface area contributed by atoms with E-state index < -0.39 is 0 Å². The number of ether oxygens (including phenoxy) is 1. The van der Waals surface area contributed by atoms with Crippen molar-refractivity contribution >= 4 is 23.5 Å². The number of hydrogen-bond donors (Lipinski definition) is 4. The first-order valence-corrected chi connectivity index (χ1v) is 7.45. The van der Waals surface area contributed by atoms with Crippen molar-refractivity contribution in [1.29, 1.82) is 0 Å². The largest absolute Gasteiger partial charge is 0.504 e. The van der Waals surface area contributed by atoms with Crippen LogP contribution < -0.4 is 10.7 Å². The van der Waals surface area contributed by atoms with Gasteiger partial charge in [0.25, 0.3) is 0 Å². The van der Waals surface area contributed by atoms with Crippen LogP contribution in [0.3, 0.4) is 0 Å². The van der Waals surface area contributed by atoms with Crippen LogP contribution in [-0.2, 0) is 4.74 Å². The first-order valence-electron chi connectivity index (χ1n) is 7.04. The zero-order valence-electron chi connectivity index (χ0n) is 12.2. The van der Waals surface area contributed by atoms with E-state index in [9.17, 15) is 10.2 Å². The van der Waals surface area contributed by atoms with Gasteiger partial charge in [-0.3, -0.25) is 10.3 Å². The molecular formula is C14H20N4O3S. The third-order valence-electron chi connectivity index (χ3n) is 3.20. The van der Waals surface area contributed by atoms with E-state index in [0.717, 1.165) is 39.4 Å². The third-order valence-corrected chi connectivity index (χ3v) is 3.43.